The molecule has 1 unspecified atom stereocenters. The predicted molar refractivity (Wildman–Crippen MR) is 115 cm³/mol. The first kappa shape index (κ1) is 28.0. The molecule has 0 saturated heterocycles. The van der Waals surface area contributed by atoms with E-state index in [1.165, 1.54) is 54.0 Å². The van der Waals surface area contributed by atoms with Crippen molar-refractivity contribution in [1.82, 2.24) is 0 Å². The Balaban J connectivity index is 0.00000160. The summed E-state index contributed by atoms with van der Waals surface area (Å²) in [5.41, 5.74) is 12.6. The van der Waals surface area contributed by atoms with Crippen molar-refractivity contribution in [2.75, 3.05) is 0 Å². The summed E-state index contributed by atoms with van der Waals surface area (Å²) in [7, 11) is 0. The fourth-order valence-electron chi connectivity index (χ4n) is 4.98. The maximum absolute atomic E-state index is 2.39. The molecular formula is C27H27Cl3Ti. The number of benzene rings is 3. The number of rotatable bonds is 3. The van der Waals surface area contributed by atoms with Gasteiger partial charge in [-0.05, 0) is 0 Å². The molecular weight excluding hydrogens is 479 g/mol. The molecule has 0 aromatic heterocycles. The first-order valence-corrected chi connectivity index (χ1v) is 10.8. The van der Waals surface area contributed by atoms with E-state index in [0.717, 1.165) is 0 Å². The molecule has 0 radical (unpaired) electrons. The van der Waals surface area contributed by atoms with E-state index in [-0.39, 0.29) is 37.2 Å². The maximum atomic E-state index is 2.39. The zero-order valence-electron chi connectivity index (χ0n) is 18.6. The molecule has 0 amide bonds. The Kier molecular flexibility index (Phi) is 10.1. The van der Waals surface area contributed by atoms with Crippen LogP contribution in [0.25, 0.3) is 3.88 Å². The Hall–Kier alpha value is -1.02. The molecule has 1 aliphatic carbocycles. The van der Waals surface area contributed by atoms with Crippen molar-refractivity contribution in [3.8, 4) is 0 Å². The summed E-state index contributed by atoms with van der Waals surface area (Å²) in [6.45, 7) is 11.2. The van der Waals surface area contributed by atoms with Gasteiger partial charge in [-0.3, -0.25) is 0 Å². The quantitative estimate of drug-likeness (QED) is 0.367. The molecule has 4 heteroatoms. The van der Waals surface area contributed by atoms with Gasteiger partial charge in [-0.25, -0.2) is 0 Å². The molecule has 0 N–H and O–H groups in total. The first-order valence-electron chi connectivity index (χ1n) is 10.0. The minimum absolute atomic E-state index is 0. The average molecular weight is 506 g/mol. The van der Waals surface area contributed by atoms with Crippen LogP contribution >= 0.6 is 0 Å². The Morgan fingerprint density at radius 3 is 1.52 bits per heavy atom. The smallest absolute Gasteiger partial charge is 1.00 e. The fraction of sp³-hybridized carbons (Fsp3) is 0.259. The van der Waals surface area contributed by atoms with Crippen LogP contribution in [-0.2, 0) is 20.4 Å². The van der Waals surface area contributed by atoms with Gasteiger partial charge >= 0.3 is 182 Å². The van der Waals surface area contributed by atoms with E-state index < -0.39 is 0 Å². The zero-order valence-corrected chi connectivity index (χ0v) is 22.4. The van der Waals surface area contributed by atoms with E-state index in [9.17, 15) is 0 Å². The third-order valence-electron chi connectivity index (χ3n) is 5.97. The topological polar surface area (TPSA) is 0 Å². The number of halogens is 3. The number of allylic oxidation sites excluding steroid dienone is 1. The molecule has 3 aromatic rings. The van der Waals surface area contributed by atoms with Gasteiger partial charge in [0.15, 0.2) is 0 Å². The van der Waals surface area contributed by atoms with Gasteiger partial charge in [0, 0.05) is 0 Å². The van der Waals surface area contributed by atoms with Crippen LogP contribution in [0.3, 0.4) is 0 Å². The summed E-state index contributed by atoms with van der Waals surface area (Å²) < 4.78 is 1.44. The van der Waals surface area contributed by atoms with Gasteiger partial charge in [-0.15, -0.1) is 0 Å². The Bertz CT molecular complexity index is 1010. The standard InChI is InChI=1S/C27H27.3ClH.Ti/c1-17-10-18(2)13-23(12-17)27(24-14-19(3)11-20(4)15-24)26-21(5)16-22-8-6-7-9-25(22)26;;;;/h6-15,26-27H,1-5H3;3*1H;/q;;;;+3/p-3. The minimum atomic E-state index is 0. The first-order chi connectivity index (χ1) is 13.3. The van der Waals surface area contributed by atoms with Crippen LogP contribution in [0.1, 0.15) is 63.3 Å². The number of hydrogen-bond donors (Lipinski definition) is 0. The van der Waals surface area contributed by atoms with Crippen LogP contribution < -0.4 is 37.2 Å². The largest absolute Gasteiger partial charge is 1.00 e. The van der Waals surface area contributed by atoms with Crippen molar-refractivity contribution in [2.45, 2.75) is 46.5 Å². The van der Waals surface area contributed by atoms with Gasteiger partial charge in [-0.1, -0.05) is 0 Å². The summed E-state index contributed by atoms with van der Waals surface area (Å²) in [5.74, 6) is 0.717. The van der Waals surface area contributed by atoms with E-state index >= 15 is 0 Å². The third-order valence-corrected chi connectivity index (χ3v) is 7.00. The van der Waals surface area contributed by atoms with Gasteiger partial charge < -0.3 is 37.2 Å². The minimum Gasteiger partial charge on any atom is -1.00 e. The summed E-state index contributed by atoms with van der Waals surface area (Å²) in [6, 6.07) is 23.1. The Morgan fingerprint density at radius 1 is 0.645 bits per heavy atom. The van der Waals surface area contributed by atoms with Gasteiger partial charge in [0.05, 0.1) is 0 Å². The molecule has 160 valence electrons. The molecule has 0 nitrogen and oxygen atoms in total. The van der Waals surface area contributed by atoms with Crippen molar-refractivity contribution < 1.29 is 57.7 Å². The van der Waals surface area contributed by atoms with Gasteiger partial charge in [0.25, 0.3) is 0 Å². The molecule has 3 aromatic carbocycles. The second-order valence-electron chi connectivity index (χ2n) is 8.44. The number of aryl methyl sites for hydroxylation is 4. The van der Waals surface area contributed by atoms with E-state index in [4.69, 9.17) is 0 Å². The van der Waals surface area contributed by atoms with E-state index in [1.54, 1.807) is 0 Å². The van der Waals surface area contributed by atoms with E-state index in [1.807, 2.05) is 0 Å². The van der Waals surface area contributed by atoms with Crippen molar-refractivity contribution in [3.63, 3.8) is 0 Å². The van der Waals surface area contributed by atoms with Gasteiger partial charge in [0.2, 0.25) is 0 Å². The van der Waals surface area contributed by atoms with Crippen LogP contribution in [-0.4, -0.2) is 0 Å². The van der Waals surface area contributed by atoms with Crippen molar-refractivity contribution in [1.29, 1.82) is 0 Å². The molecule has 0 fully saturated rings. The summed E-state index contributed by atoms with van der Waals surface area (Å²) >= 11 is 2.29. The Morgan fingerprint density at radius 2 is 1.06 bits per heavy atom. The second-order valence-corrected chi connectivity index (χ2v) is 9.22. The molecule has 4 rings (SSSR count). The molecule has 0 heterocycles. The molecule has 1 aliphatic rings. The van der Waals surface area contributed by atoms with Crippen LogP contribution in [0.4, 0.5) is 0 Å². The van der Waals surface area contributed by atoms with Crippen molar-refractivity contribution in [2.24, 2.45) is 0 Å². The van der Waals surface area contributed by atoms with Crippen LogP contribution in [0.5, 0.6) is 0 Å². The zero-order chi connectivity index (χ0) is 20.0. The molecule has 0 bridgehead atoms. The Labute approximate surface area is 217 Å². The van der Waals surface area contributed by atoms with E-state index in [2.05, 4.69) is 116 Å². The third kappa shape index (κ3) is 5.49. The van der Waals surface area contributed by atoms with Crippen molar-refractivity contribution >= 4 is 3.88 Å². The summed E-state index contributed by atoms with van der Waals surface area (Å²) in [6.07, 6.45) is 0. The molecule has 0 spiro atoms. The average Bonchev–Trinajstić information content (AvgIpc) is 2.86. The second kappa shape index (κ2) is 11.2. The SMILES string of the molecule is CC1=[C]([Ti+3])c2ccccc2C1C(c1cc(C)cc(C)c1)c1cc(C)cc(C)c1.[Cl-].[Cl-].[Cl-]. The summed E-state index contributed by atoms with van der Waals surface area (Å²) in [5, 5.41) is 0. The van der Waals surface area contributed by atoms with Gasteiger partial charge in [0.1, 0.15) is 0 Å². The molecule has 1 atom stereocenters. The maximum Gasteiger partial charge on any atom is -1.00 e. The van der Waals surface area contributed by atoms with E-state index in [0.29, 0.717) is 11.8 Å². The molecule has 0 saturated carbocycles. The van der Waals surface area contributed by atoms with Crippen LogP contribution in [0.2, 0.25) is 0 Å². The fourth-order valence-corrected chi connectivity index (χ4v) is 5.58. The normalized spacial score (nSPS) is 14.5. The van der Waals surface area contributed by atoms with Crippen molar-refractivity contribution in [3.05, 3.63) is 111 Å². The number of hydrogen-bond acceptors (Lipinski definition) is 0. The van der Waals surface area contributed by atoms with Crippen LogP contribution in [0.15, 0.2) is 66.2 Å². The predicted octanol–water partition coefficient (Wildman–Crippen LogP) is -1.86. The number of fused-ring (bicyclic) bond motifs is 1. The molecule has 31 heavy (non-hydrogen) atoms. The molecule has 0 aliphatic heterocycles. The van der Waals surface area contributed by atoms with Crippen LogP contribution in [0, 0.1) is 27.7 Å². The van der Waals surface area contributed by atoms with Gasteiger partial charge in [-0.2, -0.15) is 0 Å². The summed E-state index contributed by atoms with van der Waals surface area (Å²) in [4.78, 5) is 0. The monoisotopic (exact) mass is 504 g/mol.